The van der Waals surface area contributed by atoms with Crippen molar-refractivity contribution in [3.63, 3.8) is 0 Å². The maximum atomic E-state index is 5.93. The summed E-state index contributed by atoms with van der Waals surface area (Å²) in [7, 11) is 0. The molecule has 0 unspecified atom stereocenters. The van der Waals surface area contributed by atoms with E-state index in [1.165, 1.54) is 0 Å². The lowest BCUT2D eigenvalue weighted by Crippen LogP contribution is -1.89. The number of nitrogen functional groups attached to an aromatic ring is 1. The van der Waals surface area contributed by atoms with Gasteiger partial charge in [-0.2, -0.15) is 4.98 Å². The summed E-state index contributed by atoms with van der Waals surface area (Å²) < 4.78 is 5.21. The summed E-state index contributed by atoms with van der Waals surface area (Å²) in [5, 5.41) is 4.55. The molecular formula is C13H9ClN4O. The lowest BCUT2D eigenvalue weighted by atomic mass is 10.2. The highest BCUT2D eigenvalue weighted by molar-refractivity contribution is 6.30. The lowest BCUT2D eigenvalue weighted by molar-refractivity contribution is 0.432. The van der Waals surface area contributed by atoms with E-state index in [0.29, 0.717) is 22.6 Å². The molecule has 0 bridgehead atoms. The van der Waals surface area contributed by atoms with Crippen LogP contribution < -0.4 is 5.73 Å². The Labute approximate surface area is 114 Å². The van der Waals surface area contributed by atoms with Gasteiger partial charge in [-0.25, -0.2) is 4.98 Å². The number of nitrogens with two attached hydrogens (primary N) is 1. The Hall–Kier alpha value is -2.40. The molecule has 19 heavy (non-hydrogen) atoms. The van der Waals surface area contributed by atoms with Crippen molar-refractivity contribution in [2.24, 2.45) is 0 Å². The molecule has 2 heterocycles. The van der Waals surface area contributed by atoms with Crippen LogP contribution in [0.2, 0.25) is 5.02 Å². The van der Waals surface area contributed by atoms with Crippen molar-refractivity contribution in [1.29, 1.82) is 0 Å². The monoisotopic (exact) mass is 272 g/mol. The van der Waals surface area contributed by atoms with Crippen molar-refractivity contribution >= 4 is 17.4 Å². The first kappa shape index (κ1) is 11.7. The Balaban J connectivity index is 2.00. The van der Waals surface area contributed by atoms with Crippen molar-refractivity contribution in [2.45, 2.75) is 0 Å². The second-order valence-electron chi connectivity index (χ2n) is 3.90. The molecule has 0 radical (unpaired) electrons. The van der Waals surface area contributed by atoms with Gasteiger partial charge in [-0.1, -0.05) is 28.9 Å². The molecule has 0 fully saturated rings. The van der Waals surface area contributed by atoms with Gasteiger partial charge in [0, 0.05) is 22.3 Å². The molecule has 6 heteroatoms. The third-order valence-corrected chi connectivity index (χ3v) is 2.77. The van der Waals surface area contributed by atoms with Gasteiger partial charge in [0.25, 0.3) is 5.89 Å². The quantitative estimate of drug-likeness (QED) is 0.776. The van der Waals surface area contributed by atoms with Crippen LogP contribution >= 0.6 is 11.6 Å². The average Bonchev–Trinajstić information content (AvgIpc) is 2.88. The van der Waals surface area contributed by atoms with Crippen molar-refractivity contribution in [1.82, 2.24) is 15.1 Å². The Bertz CT molecular complexity index is 666. The van der Waals surface area contributed by atoms with Gasteiger partial charge in [0.05, 0.1) is 0 Å². The molecular weight excluding hydrogens is 264 g/mol. The van der Waals surface area contributed by atoms with Crippen molar-refractivity contribution < 1.29 is 4.52 Å². The molecule has 0 saturated carbocycles. The van der Waals surface area contributed by atoms with E-state index in [0.717, 1.165) is 11.1 Å². The van der Waals surface area contributed by atoms with Crippen LogP contribution in [0.1, 0.15) is 0 Å². The summed E-state index contributed by atoms with van der Waals surface area (Å²) in [6.07, 6.45) is 1.59. The number of benzene rings is 1. The van der Waals surface area contributed by atoms with Gasteiger partial charge in [-0.15, -0.1) is 0 Å². The predicted molar refractivity (Wildman–Crippen MR) is 72.4 cm³/mol. The second kappa shape index (κ2) is 4.70. The van der Waals surface area contributed by atoms with Crippen molar-refractivity contribution in [3.8, 4) is 22.8 Å². The summed E-state index contributed by atoms with van der Waals surface area (Å²) in [4.78, 5) is 8.23. The lowest BCUT2D eigenvalue weighted by Gasteiger charge is -1.95. The predicted octanol–water partition coefficient (Wildman–Crippen LogP) is 3.03. The standard InChI is InChI=1S/C13H9ClN4O/c14-10-3-1-2-8(6-10)12-17-13(19-18-12)9-4-5-16-11(15)7-9/h1-7H,(H2,15,16). The van der Waals surface area contributed by atoms with Crippen LogP contribution in [0.25, 0.3) is 22.8 Å². The molecule has 94 valence electrons. The molecule has 0 aliphatic rings. The smallest absolute Gasteiger partial charge is 0.258 e. The molecule has 0 spiro atoms. The highest BCUT2D eigenvalue weighted by Crippen LogP contribution is 2.24. The number of anilines is 1. The number of pyridine rings is 1. The molecule has 0 amide bonds. The minimum Gasteiger partial charge on any atom is -0.384 e. The van der Waals surface area contributed by atoms with E-state index in [-0.39, 0.29) is 0 Å². The number of hydrogen-bond donors (Lipinski definition) is 1. The Kier molecular flexibility index (Phi) is 2.89. The van der Waals surface area contributed by atoms with E-state index in [1.807, 2.05) is 12.1 Å². The first-order valence-electron chi connectivity index (χ1n) is 5.54. The van der Waals surface area contributed by atoms with E-state index in [9.17, 15) is 0 Å². The summed E-state index contributed by atoms with van der Waals surface area (Å²) in [5.74, 6) is 1.27. The molecule has 0 aliphatic heterocycles. The third kappa shape index (κ3) is 2.41. The molecule has 2 aromatic heterocycles. The fourth-order valence-electron chi connectivity index (χ4n) is 1.67. The molecule has 5 nitrogen and oxygen atoms in total. The molecule has 3 rings (SSSR count). The zero-order chi connectivity index (χ0) is 13.2. The van der Waals surface area contributed by atoms with Gasteiger partial charge in [-0.05, 0) is 24.3 Å². The number of hydrogen-bond acceptors (Lipinski definition) is 5. The molecule has 3 aromatic rings. The Morgan fingerprint density at radius 3 is 2.79 bits per heavy atom. The second-order valence-corrected chi connectivity index (χ2v) is 4.34. The van der Waals surface area contributed by atoms with E-state index >= 15 is 0 Å². The largest absolute Gasteiger partial charge is 0.384 e. The van der Waals surface area contributed by atoms with E-state index in [1.54, 1.807) is 30.5 Å². The molecule has 0 aliphatic carbocycles. The zero-order valence-electron chi connectivity index (χ0n) is 9.75. The van der Waals surface area contributed by atoms with Gasteiger partial charge >= 0.3 is 0 Å². The fourth-order valence-corrected chi connectivity index (χ4v) is 1.86. The van der Waals surface area contributed by atoms with Crippen LogP contribution in [0.4, 0.5) is 5.82 Å². The van der Waals surface area contributed by atoms with Crippen LogP contribution in [-0.2, 0) is 0 Å². The van der Waals surface area contributed by atoms with Crippen LogP contribution in [0.5, 0.6) is 0 Å². The molecule has 2 N–H and O–H groups in total. The minimum absolute atomic E-state index is 0.393. The average molecular weight is 273 g/mol. The van der Waals surface area contributed by atoms with Gasteiger partial charge in [-0.3, -0.25) is 0 Å². The van der Waals surface area contributed by atoms with Gasteiger partial charge < -0.3 is 10.3 Å². The Morgan fingerprint density at radius 1 is 1.11 bits per heavy atom. The van der Waals surface area contributed by atoms with E-state index < -0.39 is 0 Å². The summed E-state index contributed by atoms with van der Waals surface area (Å²) >= 11 is 5.93. The van der Waals surface area contributed by atoms with Gasteiger partial charge in [0.15, 0.2) is 0 Å². The number of aromatic nitrogens is 3. The summed E-state index contributed by atoms with van der Waals surface area (Å²) in [6.45, 7) is 0. The van der Waals surface area contributed by atoms with Gasteiger partial charge in [0.2, 0.25) is 5.82 Å². The third-order valence-electron chi connectivity index (χ3n) is 2.54. The number of halogens is 1. The van der Waals surface area contributed by atoms with Gasteiger partial charge in [0.1, 0.15) is 5.82 Å². The zero-order valence-corrected chi connectivity index (χ0v) is 10.5. The highest BCUT2D eigenvalue weighted by Gasteiger charge is 2.11. The first-order chi connectivity index (χ1) is 9.22. The summed E-state index contributed by atoms with van der Waals surface area (Å²) in [5.41, 5.74) is 7.14. The number of nitrogens with zero attached hydrogens (tertiary/aromatic N) is 3. The highest BCUT2D eigenvalue weighted by atomic mass is 35.5. The van der Waals surface area contributed by atoms with E-state index in [4.69, 9.17) is 21.9 Å². The number of rotatable bonds is 2. The first-order valence-corrected chi connectivity index (χ1v) is 5.92. The minimum atomic E-state index is 0.393. The fraction of sp³-hybridized carbons (Fsp3) is 0. The van der Waals surface area contributed by atoms with E-state index in [2.05, 4.69) is 15.1 Å². The van der Waals surface area contributed by atoms with Crippen LogP contribution in [0.15, 0.2) is 47.1 Å². The SMILES string of the molecule is Nc1cc(-c2nc(-c3cccc(Cl)c3)no2)ccn1. The maximum absolute atomic E-state index is 5.93. The van der Waals surface area contributed by atoms with Crippen molar-refractivity contribution in [3.05, 3.63) is 47.6 Å². The Morgan fingerprint density at radius 2 is 2.00 bits per heavy atom. The molecule has 1 aromatic carbocycles. The van der Waals surface area contributed by atoms with Crippen LogP contribution in [0.3, 0.4) is 0 Å². The normalized spacial score (nSPS) is 10.6. The van der Waals surface area contributed by atoms with Crippen molar-refractivity contribution in [2.75, 3.05) is 5.73 Å². The summed E-state index contributed by atoms with van der Waals surface area (Å²) in [6, 6.07) is 10.7. The van der Waals surface area contributed by atoms with Crippen LogP contribution in [0, 0.1) is 0 Å². The molecule has 0 atom stereocenters. The van der Waals surface area contributed by atoms with Crippen LogP contribution in [-0.4, -0.2) is 15.1 Å². The molecule has 0 saturated heterocycles. The topological polar surface area (TPSA) is 77.8 Å². The maximum Gasteiger partial charge on any atom is 0.258 e.